The highest BCUT2D eigenvalue weighted by atomic mass is 16.3. The van der Waals surface area contributed by atoms with Crippen molar-refractivity contribution in [1.82, 2.24) is 0 Å². The first kappa shape index (κ1) is 27.5. The molecule has 2 aromatic heterocycles. The van der Waals surface area contributed by atoms with E-state index >= 15 is 0 Å². The molecule has 0 radical (unpaired) electrons. The Kier molecular flexibility index (Phi) is 6.18. The summed E-state index contributed by atoms with van der Waals surface area (Å²) in [6.45, 7) is 0. The highest BCUT2D eigenvalue weighted by Crippen LogP contribution is 2.47. The van der Waals surface area contributed by atoms with E-state index in [0.29, 0.717) is 0 Å². The first-order valence-corrected chi connectivity index (χ1v) is 16.6. The number of nitrogens with zero attached hydrogens (tertiary/aromatic N) is 1. The van der Waals surface area contributed by atoms with Crippen molar-refractivity contribution in [1.29, 1.82) is 0 Å². The van der Waals surface area contributed by atoms with Crippen LogP contribution in [0.25, 0.3) is 76.9 Å². The fraction of sp³-hybridized carbons (Fsp3) is 0. The lowest BCUT2D eigenvalue weighted by molar-refractivity contribution is 0.669. The van der Waals surface area contributed by atoms with Crippen molar-refractivity contribution in [2.24, 2.45) is 0 Å². The SMILES string of the molecule is c1ccc(-c2ccccc2N(c2ccc(-c3ccc4c(c3)oc3ccccc34)cc2)c2cccc3oc4c5ccccc5ccc4c23)cc1. The zero-order chi connectivity index (χ0) is 32.3. The summed E-state index contributed by atoms with van der Waals surface area (Å²) in [6, 6.07) is 62.0. The van der Waals surface area contributed by atoms with Crippen LogP contribution in [0.15, 0.2) is 185 Å². The molecule has 0 saturated carbocycles. The van der Waals surface area contributed by atoms with Crippen molar-refractivity contribution in [2.45, 2.75) is 0 Å². The average molecular weight is 628 g/mol. The first-order valence-electron chi connectivity index (χ1n) is 16.6. The van der Waals surface area contributed by atoms with Crippen LogP contribution in [-0.2, 0) is 0 Å². The molecular formula is C46H29NO2. The van der Waals surface area contributed by atoms with E-state index in [1.165, 1.54) is 5.39 Å². The minimum atomic E-state index is 0.863. The third-order valence-electron chi connectivity index (χ3n) is 9.67. The van der Waals surface area contributed by atoms with Crippen molar-refractivity contribution < 1.29 is 8.83 Å². The second-order valence-electron chi connectivity index (χ2n) is 12.5. The topological polar surface area (TPSA) is 29.5 Å². The minimum Gasteiger partial charge on any atom is -0.456 e. The van der Waals surface area contributed by atoms with Gasteiger partial charge in [0.15, 0.2) is 0 Å². The summed E-state index contributed by atoms with van der Waals surface area (Å²) in [5.74, 6) is 0. The normalized spacial score (nSPS) is 11.7. The van der Waals surface area contributed by atoms with E-state index in [2.05, 4.69) is 169 Å². The Balaban J connectivity index is 1.17. The fourth-order valence-corrected chi connectivity index (χ4v) is 7.37. The largest absolute Gasteiger partial charge is 0.456 e. The molecule has 0 aliphatic rings. The molecule has 8 aromatic carbocycles. The van der Waals surface area contributed by atoms with Crippen molar-refractivity contribution in [3.8, 4) is 22.3 Å². The van der Waals surface area contributed by atoms with Crippen LogP contribution in [0, 0.1) is 0 Å². The molecule has 0 unspecified atom stereocenters. The Labute approximate surface area is 282 Å². The van der Waals surface area contributed by atoms with Crippen molar-refractivity contribution >= 4 is 71.7 Å². The Morgan fingerprint density at radius 1 is 0.367 bits per heavy atom. The second-order valence-corrected chi connectivity index (χ2v) is 12.5. The second kappa shape index (κ2) is 11.0. The van der Waals surface area contributed by atoms with Crippen LogP contribution in [0.1, 0.15) is 0 Å². The molecule has 0 atom stereocenters. The van der Waals surface area contributed by atoms with Gasteiger partial charge in [-0.2, -0.15) is 0 Å². The van der Waals surface area contributed by atoms with Gasteiger partial charge < -0.3 is 13.7 Å². The molecule has 3 nitrogen and oxygen atoms in total. The third-order valence-corrected chi connectivity index (χ3v) is 9.67. The predicted octanol–water partition coefficient (Wildman–Crippen LogP) is 13.4. The maximum absolute atomic E-state index is 6.64. The smallest absolute Gasteiger partial charge is 0.143 e. The van der Waals surface area contributed by atoms with Gasteiger partial charge in [0.1, 0.15) is 22.3 Å². The maximum atomic E-state index is 6.64. The zero-order valence-electron chi connectivity index (χ0n) is 26.5. The van der Waals surface area contributed by atoms with Crippen molar-refractivity contribution in [3.05, 3.63) is 176 Å². The van der Waals surface area contributed by atoms with Crippen LogP contribution in [0.3, 0.4) is 0 Å². The molecule has 230 valence electrons. The number of rotatable bonds is 5. The lowest BCUT2D eigenvalue weighted by Gasteiger charge is -2.28. The van der Waals surface area contributed by atoms with Gasteiger partial charge in [-0.05, 0) is 76.7 Å². The quantitative estimate of drug-likeness (QED) is 0.190. The van der Waals surface area contributed by atoms with Gasteiger partial charge in [-0.1, -0.05) is 121 Å². The van der Waals surface area contributed by atoms with Gasteiger partial charge in [-0.25, -0.2) is 0 Å². The van der Waals surface area contributed by atoms with E-state index in [9.17, 15) is 0 Å². The van der Waals surface area contributed by atoms with Gasteiger partial charge in [0.2, 0.25) is 0 Å². The zero-order valence-corrected chi connectivity index (χ0v) is 26.5. The van der Waals surface area contributed by atoms with Gasteiger partial charge in [-0.15, -0.1) is 0 Å². The molecular weight excluding hydrogens is 599 g/mol. The Morgan fingerprint density at radius 2 is 1.04 bits per heavy atom. The molecule has 49 heavy (non-hydrogen) atoms. The van der Waals surface area contributed by atoms with Gasteiger partial charge in [-0.3, -0.25) is 0 Å². The van der Waals surface area contributed by atoms with Crippen LogP contribution in [0.4, 0.5) is 17.1 Å². The third kappa shape index (κ3) is 4.44. The fourth-order valence-electron chi connectivity index (χ4n) is 7.37. The summed E-state index contributed by atoms with van der Waals surface area (Å²) < 4.78 is 12.9. The molecule has 10 rings (SSSR count). The van der Waals surface area contributed by atoms with Crippen LogP contribution >= 0.6 is 0 Å². The number of fused-ring (bicyclic) bond motifs is 8. The van der Waals surface area contributed by atoms with Gasteiger partial charge in [0, 0.05) is 32.8 Å². The Morgan fingerprint density at radius 3 is 1.94 bits per heavy atom. The predicted molar refractivity (Wildman–Crippen MR) is 204 cm³/mol. The van der Waals surface area contributed by atoms with Crippen molar-refractivity contribution in [2.75, 3.05) is 4.90 Å². The molecule has 3 heteroatoms. The number of hydrogen-bond acceptors (Lipinski definition) is 3. The molecule has 0 spiro atoms. The monoisotopic (exact) mass is 627 g/mol. The minimum absolute atomic E-state index is 0.863. The highest BCUT2D eigenvalue weighted by Gasteiger charge is 2.22. The van der Waals surface area contributed by atoms with Crippen LogP contribution in [-0.4, -0.2) is 0 Å². The lowest BCUT2D eigenvalue weighted by Crippen LogP contribution is -2.11. The number of hydrogen-bond donors (Lipinski definition) is 0. The summed E-state index contributed by atoms with van der Waals surface area (Å²) >= 11 is 0. The van der Waals surface area contributed by atoms with E-state index in [4.69, 9.17) is 8.83 Å². The van der Waals surface area contributed by atoms with Crippen LogP contribution < -0.4 is 4.90 Å². The number of benzene rings is 8. The van der Waals surface area contributed by atoms with E-state index in [1.807, 2.05) is 12.1 Å². The maximum Gasteiger partial charge on any atom is 0.143 e. The Hall–Kier alpha value is -6.58. The van der Waals surface area contributed by atoms with Gasteiger partial charge in [0.05, 0.1) is 16.8 Å². The molecule has 10 aromatic rings. The van der Waals surface area contributed by atoms with E-state index in [0.717, 1.165) is 88.6 Å². The highest BCUT2D eigenvalue weighted by molar-refractivity contribution is 6.20. The molecule has 0 fully saturated rings. The molecule has 0 saturated heterocycles. The van der Waals surface area contributed by atoms with Crippen LogP contribution in [0.2, 0.25) is 0 Å². The summed E-state index contributed by atoms with van der Waals surface area (Å²) in [6.07, 6.45) is 0. The van der Waals surface area contributed by atoms with Gasteiger partial charge >= 0.3 is 0 Å². The first-order chi connectivity index (χ1) is 24.3. The average Bonchev–Trinajstić information content (AvgIpc) is 3.75. The number of anilines is 3. The standard InChI is InChI=1S/C46H29NO2/c1-2-11-31(12-3-1)35-14-6-8-17-40(35)47(41-18-10-20-43-45(41)39-28-23-32-13-4-5-15-36(32)46(39)49-43)34-25-21-30(22-26-34)33-24-27-38-37-16-7-9-19-42(37)48-44(38)29-33/h1-29H. The van der Waals surface area contributed by atoms with E-state index in [1.54, 1.807) is 0 Å². The van der Waals surface area contributed by atoms with Crippen molar-refractivity contribution in [3.63, 3.8) is 0 Å². The summed E-state index contributed by atoms with van der Waals surface area (Å²) in [7, 11) is 0. The lowest BCUT2D eigenvalue weighted by atomic mass is 9.99. The molecule has 0 aliphatic heterocycles. The molecule has 0 bridgehead atoms. The molecule has 0 amide bonds. The summed E-state index contributed by atoms with van der Waals surface area (Å²) in [5.41, 5.74) is 11.3. The molecule has 2 heterocycles. The number of furan rings is 2. The van der Waals surface area contributed by atoms with Crippen LogP contribution in [0.5, 0.6) is 0 Å². The molecule has 0 N–H and O–H groups in total. The van der Waals surface area contributed by atoms with E-state index in [-0.39, 0.29) is 0 Å². The molecule has 0 aliphatic carbocycles. The van der Waals surface area contributed by atoms with Gasteiger partial charge in [0.25, 0.3) is 0 Å². The Bertz CT molecular complexity index is 2830. The summed E-state index contributed by atoms with van der Waals surface area (Å²) in [4.78, 5) is 2.38. The summed E-state index contributed by atoms with van der Waals surface area (Å²) in [5, 5.41) is 6.74. The number of para-hydroxylation sites is 2. The van der Waals surface area contributed by atoms with E-state index < -0.39 is 0 Å².